The zero-order chi connectivity index (χ0) is 21.8. The van der Waals surface area contributed by atoms with Gasteiger partial charge in [0.1, 0.15) is 0 Å². The van der Waals surface area contributed by atoms with Crippen molar-refractivity contribution in [3.63, 3.8) is 0 Å². The SMILES string of the molecule is NC(=O)c1ccc(CN2CCCCC2C(=O)Nc2ccc(Cl)c(Cl)c2)c([N+](=O)[O-])c1. The van der Waals surface area contributed by atoms with Crippen molar-refractivity contribution in [1.82, 2.24) is 4.90 Å². The van der Waals surface area contributed by atoms with Gasteiger partial charge in [-0.1, -0.05) is 35.7 Å². The number of anilines is 1. The summed E-state index contributed by atoms with van der Waals surface area (Å²) in [5, 5.41) is 15.0. The van der Waals surface area contributed by atoms with Crippen molar-refractivity contribution in [2.45, 2.75) is 31.8 Å². The number of carbonyl (C=O) groups is 2. The van der Waals surface area contributed by atoms with Gasteiger partial charge in [-0.25, -0.2) is 0 Å². The number of nitrogens with one attached hydrogen (secondary N) is 1. The Kier molecular flexibility index (Phi) is 6.91. The maximum Gasteiger partial charge on any atom is 0.274 e. The van der Waals surface area contributed by atoms with Crippen molar-refractivity contribution in [3.8, 4) is 0 Å². The van der Waals surface area contributed by atoms with Crippen LogP contribution in [-0.4, -0.2) is 34.2 Å². The molecule has 30 heavy (non-hydrogen) atoms. The number of nitrogens with two attached hydrogens (primary N) is 1. The highest BCUT2D eigenvalue weighted by molar-refractivity contribution is 6.42. The lowest BCUT2D eigenvalue weighted by Gasteiger charge is -2.34. The molecule has 0 bridgehead atoms. The van der Waals surface area contributed by atoms with Gasteiger partial charge in [0.05, 0.1) is 21.0 Å². The minimum absolute atomic E-state index is 0.0676. The molecule has 1 unspecified atom stereocenters. The van der Waals surface area contributed by atoms with Crippen molar-refractivity contribution in [1.29, 1.82) is 0 Å². The molecule has 8 nitrogen and oxygen atoms in total. The van der Waals surface area contributed by atoms with Crippen LogP contribution in [0.1, 0.15) is 35.2 Å². The number of likely N-dealkylation sites (tertiary alicyclic amines) is 1. The number of hydrogen-bond donors (Lipinski definition) is 2. The second-order valence-corrected chi connectivity index (χ2v) is 7.88. The average Bonchev–Trinajstić information content (AvgIpc) is 2.71. The number of rotatable bonds is 6. The number of nitro benzene ring substituents is 1. The molecule has 2 amide bonds. The summed E-state index contributed by atoms with van der Waals surface area (Å²) >= 11 is 11.9. The van der Waals surface area contributed by atoms with E-state index in [1.54, 1.807) is 18.2 Å². The van der Waals surface area contributed by atoms with E-state index in [1.165, 1.54) is 18.2 Å². The molecule has 3 rings (SSSR count). The summed E-state index contributed by atoms with van der Waals surface area (Å²) in [5.41, 5.74) is 6.04. The van der Waals surface area contributed by atoms with Crippen LogP contribution < -0.4 is 11.1 Å². The molecule has 0 aromatic heterocycles. The van der Waals surface area contributed by atoms with E-state index < -0.39 is 16.9 Å². The molecule has 1 atom stereocenters. The fourth-order valence-corrected chi connectivity index (χ4v) is 3.81. The number of nitro groups is 1. The van der Waals surface area contributed by atoms with Gasteiger partial charge in [0.15, 0.2) is 0 Å². The van der Waals surface area contributed by atoms with E-state index in [4.69, 9.17) is 28.9 Å². The molecule has 1 fully saturated rings. The molecule has 158 valence electrons. The number of carbonyl (C=O) groups excluding carboxylic acids is 2. The van der Waals surface area contributed by atoms with Crippen LogP contribution in [0, 0.1) is 10.1 Å². The summed E-state index contributed by atoms with van der Waals surface area (Å²) < 4.78 is 0. The van der Waals surface area contributed by atoms with Crippen LogP contribution >= 0.6 is 23.2 Å². The first-order valence-electron chi connectivity index (χ1n) is 9.33. The van der Waals surface area contributed by atoms with Gasteiger partial charge < -0.3 is 11.1 Å². The minimum atomic E-state index is -0.735. The normalized spacial score (nSPS) is 16.8. The molecule has 1 saturated heterocycles. The molecule has 3 N–H and O–H groups in total. The quantitative estimate of drug-likeness (QED) is 0.509. The predicted octanol–water partition coefficient (Wildman–Crippen LogP) is 3.99. The Bertz CT molecular complexity index is 999. The Hall–Kier alpha value is -2.68. The number of hydrogen-bond acceptors (Lipinski definition) is 5. The van der Waals surface area contributed by atoms with Crippen LogP contribution in [0.25, 0.3) is 0 Å². The highest BCUT2D eigenvalue weighted by Gasteiger charge is 2.30. The molecule has 0 saturated carbocycles. The van der Waals surface area contributed by atoms with Gasteiger partial charge in [-0.3, -0.25) is 24.6 Å². The Labute approximate surface area is 183 Å². The first kappa shape index (κ1) is 22.0. The second kappa shape index (κ2) is 9.42. The fraction of sp³-hybridized carbons (Fsp3) is 0.300. The first-order valence-corrected chi connectivity index (χ1v) is 10.1. The van der Waals surface area contributed by atoms with Crippen molar-refractivity contribution in [2.75, 3.05) is 11.9 Å². The monoisotopic (exact) mass is 450 g/mol. The molecule has 0 radical (unpaired) electrons. The highest BCUT2D eigenvalue weighted by Crippen LogP contribution is 2.28. The summed E-state index contributed by atoms with van der Waals surface area (Å²) in [6, 6.07) is 8.52. The summed E-state index contributed by atoms with van der Waals surface area (Å²) in [5.74, 6) is -0.953. The van der Waals surface area contributed by atoms with Crippen LogP contribution in [0.4, 0.5) is 11.4 Å². The van der Waals surface area contributed by atoms with Crippen molar-refractivity contribution in [2.24, 2.45) is 5.73 Å². The molecule has 1 heterocycles. The molecule has 0 aliphatic carbocycles. The Morgan fingerprint density at radius 1 is 1.17 bits per heavy atom. The fourth-order valence-electron chi connectivity index (χ4n) is 3.52. The molecule has 1 aliphatic rings. The largest absolute Gasteiger partial charge is 0.366 e. The van der Waals surface area contributed by atoms with Gasteiger partial charge in [-0.15, -0.1) is 0 Å². The molecule has 2 aromatic carbocycles. The summed E-state index contributed by atoms with van der Waals surface area (Å²) in [6.45, 7) is 0.822. The van der Waals surface area contributed by atoms with E-state index in [1.807, 2.05) is 4.90 Å². The third kappa shape index (κ3) is 5.08. The summed E-state index contributed by atoms with van der Waals surface area (Å²) in [4.78, 5) is 37.1. The lowest BCUT2D eigenvalue weighted by molar-refractivity contribution is -0.385. The van der Waals surface area contributed by atoms with E-state index in [2.05, 4.69) is 5.32 Å². The number of halogens is 2. The van der Waals surface area contributed by atoms with Crippen LogP contribution in [0.5, 0.6) is 0 Å². The van der Waals surface area contributed by atoms with Crippen molar-refractivity contribution in [3.05, 3.63) is 67.7 Å². The highest BCUT2D eigenvalue weighted by atomic mass is 35.5. The van der Waals surface area contributed by atoms with Crippen LogP contribution in [0.2, 0.25) is 10.0 Å². The molecular formula is C20H20Cl2N4O4. The molecule has 1 aliphatic heterocycles. The first-order chi connectivity index (χ1) is 14.3. The van der Waals surface area contributed by atoms with Gasteiger partial charge >= 0.3 is 0 Å². The zero-order valence-electron chi connectivity index (χ0n) is 15.9. The van der Waals surface area contributed by atoms with Gasteiger partial charge in [0.25, 0.3) is 5.69 Å². The van der Waals surface area contributed by atoms with E-state index in [-0.39, 0.29) is 23.7 Å². The van der Waals surface area contributed by atoms with Crippen LogP contribution in [-0.2, 0) is 11.3 Å². The third-order valence-corrected chi connectivity index (χ3v) is 5.78. The van der Waals surface area contributed by atoms with Crippen LogP contribution in [0.15, 0.2) is 36.4 Å². The molecule has 10 heteroatoms. The Morgan fingerprint density at radius 2 is 1.93 bits per heavy atom. The van der Waals surface area contributed by atoms with Gasteiger partial charge in [0.2, 0.25) is 11.8 Å². The average molecular weight is 451 g/mol. The van der Waals surface area contributed by atoms with Crippen molar-refractivity contribution >= 4 is 46.4 Å². The van der Waals surface area contributed by atoms with E-state index in [0.29, 0.717) is 34.3 Å². The number of primary amides is 1. The number of nitrogens with zero attached hydrogens (tertiary/aromatic N) is 2. The van der Waals surface area contributed by atoms with E-state index in [9.17, 15) is 19.7 Å². The third-order valence-electron chi connectivity index (χ3n) is 5.04. The van der Waals surface area contributed by atoms with Gasteiger partial charge in [-0.2, -0.15) is 0 Å². The number of amides is 2. The van der Waals surface area contributed by atoms with Crippen LogP contribution in [0.3, 0.4) is 0 Å². The Morgan fingerprint density at radius 3 is 2.60 bits per heavy atom. The predicted molar refractivity (Wildman–Crippen MR) is 115 cm³/mol. The summed E-state index contributed by atoms with van der Waals surface area (Å²) in [7, 11) is 0. The van der Waals surface area contributed by atoms with E-state index >= 15 is 0 Å². The van der Waals surface area contributed by atoms with E-state index in [0.717, 1.165) is 12.8 Å². The lowest BCUT2D eigenvalue weighted by atomic mass is 9.99. The summed E-state index contributed by atoms with van der Waals surface area (Å²) in [6.07, 6.45) is 2.38. The maximum absolute atomic E-state index is 12.9. The van der Waals surface area contributed by atoms with Gasteiger partial charge in [0, 0.05) is 29.4 Å². The zero-order valence-corrected chi connectivity index (χ0v) is 17.4. The lowest BCUT2D eigenvalue weighted by Crippen LogP contribution is -2.46. The molecular weight excluding hydrogens is 431 g/mol. The Balaban J connectivity index is 1.80. The standard InChI is InChI=1S/C20H20Cl2N4O4/c21-15-7-6-14(10-16(15)22)24-20(28)17-3-1-2-8-25(17)11-13-5-4-12(19(23)27)9-18(13)26(29)30/h4-7,9-10,17H,1-3,8,11H2,(H2,23,27)(H,24,28). The molecule has 2 aromatic rings. The smallest absolute Gasteiger partial charge is 0.274 e. The number of piperidine rings is 1. The van der Waals surface area contributed by atoms with Crippen molar-refractivity contribution < 1.29 is 14.5 Å². The number of benzene rings is 2. The topological polar surface area (TPSA) is 119 Å². The maximum atomic E-state index is 12.9. The van der Waals surface area contributed by atoms with Gasteiger partial charge in [-0.05, 0) is 43.7 Å². The second-order valence-electron chi connectivity index (χ2n) is 7.07. The minimum Gasteiger partial charge on any atom is -0.366 e. The molecule has 0 spiro atoms.